The minimum absolute atomic E-state index is 0.00148. The number of halogens is 1. The van der Waals surface area contributed by atoms with Gasteiger partial charge in [-0.3, -0.25) is 9.69 Å². The van der Waals surface area contributed by atoms with Gasteiger partial charge in [0.1, 0.15) is 12.4 Å². The standard InChI is InChI=1S/C16H21ClN2O4/c1-11(20)18-13-3-2-6-19(10-13)7-8-23-15-5-4-12(16(21)22)9-14(15)17/h4-5,9,13H,2-3,6-8,10H2,1H3,(H,18,20)(H,21,22). The normalized spacial score (nSPS) is 18.4. The van der Waals surface area contributed by atoms with Crippen LogP contribution in [0.5, 0.6) is 5.75 Å². The van der Waals surface area contributed by atoms with Crippen LogP contribution in [-0.2, 0) is 4.79 Å². The Kier molecular flexibility index (Phi) is 6.24. The molecule has 2 rings (SSSR count). The number of carbonyl (C=O) groups excluding carboxylic acids is 1. The molecule has 0 spiro atoms. The van der Waals surface area contributed by atoms with Crippen molar-refractivity contribution in [3.8, 4) is 5.75 Å². The number of likely N-dealkylation sites (tertiary alicyclic amines) is 1. The fraction of sp³-hybridized carbons (Fsp3) is 0.500. The van der Waals surface area contributed by atoms with E-state index < -0.39 is 5.97 Å². The van der Waals surface area contributed by atoms with E-state index in [9.17, 15) is 9.59 Å². The zero-order chi connectivity index (χ0) is 16.8. The summed E-state index contributed by atoms with van der Waals surface area (Å²) in [5.41, 5.74) is 0.136. The maximum absolute atomic E-state index is 11.1. The molecule has 1 fully saturated rings. The van der Waals surface area contributed by atoms with Crippen molar-refractivity contribution in [3.05, 3.63) is 28.8 Å². The van der Waals surface area contributed by atoms with Gasteiger partial charge in [-0.25, -0.2) is 4.79 Å². The number of nitrogens with zero attached hydrogens (tertiary/aromatic N) is 1. The molecule has 0 saturated carbocycles. The average Bonchev–Trinajstić information content (AvgIpc) is 2.48. The van der Waals surface area contributed by atoms with E-state index in [2.05, 4.69) is 10.2 Å². The summed E-state index contributed by atoms with van der Waals surface area (Å²) in [6.07, 6.45) is 2.04. The first-order valence-corrected chi connectivity index (χ1v) is 7.98. The molecule has 1 heterocycles. The largest absolute Gasteiger partial charge is 0.491 e. The Morgan fingerprint density at radius 3 is 2.91 bits per heavy atom. The number of hydrogen-bond donors (Lipinski definition) is 2. The number of ether oxygens (including phenoxy) is 1. The molecule has 1 aromatic rings. The smallest absolute Gasteiger partial charge is 0.335 e. The van der Waals surface area contributed by atoms with Crippen molar-refractivity contribution >= 4 is 23.5 Å². The number of carboxylic acid groups (broad SMARTS) is 1. The zero-order valence-corrected chi connectivity index (χ0v) is 13.8. The van der Waals surface area contributed by atoms with Gasteiger partial charge in [0.15, 0.2) is 0 Å². The Hall–Kier alpha value is -1.79. The first-order chi connectivity index (χ1) is 11.0. The van der Waals surface area contributed by atoms with Gasteiger partial charge in [-0.05, 0) is 37.6 Å². The van der Waals surface area contributed by atoms with E-state index in [1.165, 1.54) is 19.1 Å². The lowest BCUT2D eigenvalue weighted by Gasteiger charge is -2.32. The Morgan fingerprint density at radius 2 is 2.26 bits per heavy atom. The van der Waals surface area contributed by atoms with Gasteiger partial charge in [0.2, 0.25) is 5.91 Å². The van der Waals surface area contributed by atoms with E-state index in [-0.39, 0.29) is 17.5 Å². The highest BCUT2D eigenvalue weighted by Crippen LogP contribution is 2.25. The molecule has 0 aromatic heterocycles. The lowest BCUT2D eigenvalue weighted by molar-refractivity contribution is -0.120. The second kappa shape index (κ2) is 8.17. The Balaban J connectivity index is 1.80. The van der Waals surface area contributed by atoms with Crippen molar-refractivity contribution in [3.63, 3.8) is 0 Å². The van der Waals surface area contributed by atoms with Crippen LogP contribution in [0.1, 0.15) is 30.1 Å². The highest BCUT2D eigenvalue weighted by Gasteiger charge is 2.20. The molecule has 1 aliphatic rings. The van der Waals surface area contributed by atoms with Crippen LogP contribution in [0, 0.1) is 0 Å². The van der Waals surface area contributed by atoms with Crippen LogP contribution in [0.4, 0.5) is 0 Å². The molecule has 0 bridgehead atoms. The minimum atomic E-state index is -1.02. The number of rotatable bonds is 6. The predicted molar refractivity (Wildman–Crippen MR) is 87.2 cm³/mol. The number of carboxylic acids is 1. The number of piperidine rings is 1. The maximum atomic E-state index is 11.1. The maximum Gasteiger partial charge on any atom is 0.335 e. The molecular formula is C16H21ClN2O4. The van der Waals surface area contributed by atoms with E-state index in [0.717, 1.165) is 32.5 Å². The van der Waals surface area contributed by atoms with Gasteiger partial charge in [0.05, 0.1) is 10.6 Å². The molecule has 1 unspecified atom stereocenters. The van der Waals surface area contributed by atoms with Gasteiger partial charge < -0.3 is 15.2 Å². The Morgan fingerprint density at radius 1 is 1.48 bits per heavy atom. The molecule has 0 radical (unpaired) electrons. The van der Waals surface area contributed by atoms with Crippen LogP contribution < -0.4 is 10.1 Å². The molecule has 7 heteroatoms. The van der Waals surface area contributed by atoms with Crippen LogP contribution >= 0.6 is 11.6 Å². The Bertz CT molecular complexity index is 579. The van der Waals surface area contributed by atoms with Gasteiger partial charge in [-0.15, -0.1) is 0 Å². The molecule has 126 valence electrons. The summed E-state index contributed by atoms with van der Waals surface area (Å²) < 4.78 is 5.64. The molecule has 23 heavy (non-hydrogen) atoms. The summed E-state index contributed by atoms with van der Waals surface area (Å²) in [5.74, 6) is -0.540. The number of aromatic carboxylic acids is 1. The van der Waals surface area contributed by atoms with Gasteiger partial charge >= 0.3 is 5.97 Å². The molecule has 1 amide bonds. The summed E-state index contributed by atoms with van der Waals surface area (Å²) in [4.78, 5) is 24.2. The quantitative estimate of drug-likeness (QED) is 0.828. The van der Waals surface area contributed by atoms with Crippen molar-refractivity contribution in [1.82, 2.24) is 10.2 Å². The third-order valence-electron chi connectivity index (χ3n) is 3.76. The summed E-state index contributed by atoms with van der Waals surface area (Å²) in [5, 5.41) is 12.1. The van der Waals surface area contributed by atoms with E-state index in [4.69, 9.17) is 21.4 Å². The molecule has 0 aliphatic carbocycles. The monoisotopic (exact) mass is 340 g/mol. The van der Waals surface area contributed by atoms with Crippen molar-refractivity contribution in [2.24, 2.45) is 0 Å². The van der Waals surface area contributed by atoms with Crippen molar-refractivity contribution in [2.45, 2.75) is 25.8 Å². The lowest BCUT2D eigenvalue weighted by Crippen LogP contribution is -2.48. The number of carbonyl (C=O) groups is 2. The van der Waals surface area contributed by atoms with Crippen molar-refractivity contribution < 1.29 is 19.4 Å². The summed E-state index contributed by atoms with van der Waals surface area (Å²) in [6, 6.07) is 4.62. The molecule has 6 nitrogen and oxygen atoms in total. The van der Waals surface area contributed by atoms with E-state index in [1.807, 2.05) is 0 Å². The van der Waals surface area contributed by atoms with Crippen LogP contribution in [0.2, 0.25) is 5.02 Å². The summed E-state index contributed by atoms with van der Waals surface area (Å²) in [7, 11) is 0. The highest BCUT2D eigenvalue weighted by molar-refractivity contribution is 6.32. The van der Waals surface area contributed by atoms with Crippen LogP contribution in [-0.4, -0.2) is 54.2 Å². The van der Waals surface area contributed by atoms with Crippen LogP contribution in [0.25, 0.3) is 0 Å². The summed E-state index contributed by atoms with van der Waals surface area (Å²) >= 11 is 6.03. The molecular weight excluding hydrogens is 320 g/mol. The third kappa shape index (κ3) is 5.41. The number of amides is 1. The van der Waals surface area contributed by atoms with Crippen LogP contribution in [0.15, 0.2) is 18.2 Å². The van der Waals surface area contributed by atoms with Gasteiger partial charge in [0.25, 0.3) is 0 Å². The van der Waals surface area contributed by atoms with E-state index in [1.54, 1.807) is 6.07 Å². The average molecular weight is 341 g/mol. The van der Waals surface area contributed by atoms with Crippen molar-refractivity contribution in [1.29, 1.82) is 0 Å². The first kappa shape index (κ1) is 17.6. The van der Waals surface area contributed by atoms with Gasteiger partial charge in [0, 0.05) is 26.1 Å². The predicted octanol–water partition coefficient (Wildman–Crippen LogP) is 2.02. The minimum Gasteiger partial charge on any atom is -0.491 e. The highest BCUT2D eigenvalue weighted by atomic mass is 35.5. The molecule has 1 aliphatic heterocycles. The first-order valence-electron chi connectivity index (χ1n) is 7.61. The second-order valence-electron chi connectivity index (χ2n) is 5.64. The van der Waals surface area contributed by atoms with E-state index >= 15 is 0 Å². The number of benzene rings is 1. The summed E-state index contributed by atoms with van der Waals surface area (Å²) in [6.45, 7) is 4.51. The number of hydrogen-bond acceptors (Lipinski definition) is 4. The third-order valence-corrected chi connectivity index (χ3v) is 4.05. The fourth-order valence-corrected chi connectivity index (χ4v) is 2.93. The van der Waals surface area contributed by atoms with Gasteiger partial charge in [-0.2, -0.15) is 0 Å². The van der Waals surface area contributed by atoms with E-state index in [0.29, 0.717) is 17.4 Å². The molecule has 1 aromatic carbocycles. The number of nitrogens with one attached hydrogen (secondary N) is 1. The zero-order valence-electron chi connectivity index (χ0n) is 13.0. The van der Waals surface area contributed by atoms with Gasteiger partial charge in [-0.1, -0.05) is 11.6 Å². The van der Waals surface area contributed by atoms with Crippen LogP contribution in [0.3, 0.4) is 0 Å². The SMILES string of the molecule is CC(=O)NC1CCCN(CCOc2ccc(C(=O)O)cc2Cl)C1. The lowest BCUT2D eigenvalue weighted by atomic mass is 10.1. The molecule has 2 N–H and O–H groups in total. The fourth-order valence-electron chi connectivity index (χ4n) is 2.70. The molecule has 1 atom stereocenters. The molecule has 1 saturated heterocycles. The Labute approximate surface area is 140 Å². The van der Waals surface area contributed by atoms with Crippen molar-refractivity contribution in [2.75, 3.05) is 26.2 Å². The second-order valence-corrected chi connectivity index (χ2v) is 6.05. The topological polar surface area (TPSA) is 78.9 Å².